The van der Waals surface area contributed by atoms with Gasteiger partial charge in [0.05, 0.1) is 0 Å². The summed E-state index contributed by atoms with van der Waals surface area (Å²) in [5.74, 6) is 0.410. The number of hydrogen-bond acceptors (Lipinski definition) is 2. The number of anilines is 1. The first-order chi connectivity index (χ1) is 8.87. The van der Waals surface area contributed by atoms with Crippen LogP contribution >= 0.6 is 0 Å². The molecule has 19 heavy (non-hydrogen) atoms. The molecule has 0 spiro atoms. The summed E-state index contributed by atoms with van der Waals surface area (Å²) >= 11 is 0. The first-order valence-corrected chi connectivity index (χ1v) is 5.92. The van der Waals surface area contributed by atoms with Crippen LogP contribution < -0.4 is 10.6 Å². The molecule has 0 aromatic carbocycles. The average Bonchev–Trinajstić information content (AvgIpc) is 2.26. The van der Waals surface area contributed by atoms with Crippen molar-refractivity contribution in [1.29, 1.82) is 0 Å². The lowest BCUT2D eigenvalue weighted by molar-refractivity contribution is -0.135. The van der Waals surface area contributed by atoms with E-state index in [0.29, 0.717) is 5.82 Å². The van der Waals surface area contributed by atoms with Gasteiger partial charge in [0.15, 0.2) is 0 Å². The van der Waals surface area contributed by atoms with Crippen LogP contribution in [0.1, 0.15) is 25.0 Å². The first kappa shape index (κ1) is 15.3. The summed E-state index contributed by atoms with van der Waals surface area (Å²) < 4.78 is 35.6. The lowest BCUT2D eigenvalue weighted by atomic mass is 10.2. The fourth-order valence-corrected chi connectivity index (χ4v) is 1.43. The van der Waals surface area contributed by atoms with Gasteiger partial charge in [-0.05, 0) is 31.9 Å². The Labute approximate surface area is 109 Å². The fourth-order valence-electron chi connectivity index (χ4n) is 1.43. The number of nitrogens with zero attached hydrogens (tertiary/aromatic N) is 1. The molecule has 0 radical (unpaired) electrons. The molecule has 1 aromatic rings. The third kappa shape index (κ3) is 7.28. The van der Waals surface area contributed by atoms with Gasteiger partial charge in [-0.15, -0.1) is 0 Å². The Bertz CT molecular complexity index is 421. The number of rotatable bonds is 5. The molecule has 1 heterocycles. The molecule has 2 amide bonds. The van der Waals surface area contributed by atoms with Crippen molar-refractivity contribution in [2.75, 3.05) is 11.9 Å². The van der Waals surface area contributed by atoms with Crippen LogP contribution in [-0.4, -0.2) is 23.7 Å². The van der Waals surface area contributed by atoms with Gasteiger partial charge in [-0.1, -0.05) is 6.07 Å². The minimum atomic E-state index is -4.13. The number of nitrogens with one attached hydrogen (secondary N) is 2. The van der Waals surface area contributed by atoms with Gasteiger partial charge in [0.1, 0.15) is 5.82 Å². The number of amides is 2. The van der Waals surface area contributed by atoms with Gasteiger partial charge in [0, 0.05) is 18.7 Å². The Morgan fingerprint density at radius 2 is 2.05 bits per heavy atom. The molecule has 7 heteroatoms. The molecule has 0 saturated heterocycles. The van der Waals surface area contributed by atoms with Crippen LogP contribution in [0.4, 0.5) is 23.8 Å². The predicted molar refractivity (Wildman–Crippen MR) is 65.9 cm³/mol. The summed E-state index contributed by atoms with van der Waals surface area (Å²) in [6.07, 6.45) is -4.66. The van der Waals surface area contributed by atoms with E-state index in [1.165, 1.54) is 0 Å². The van der Waals surface area contributed by atoms with Crippen molar-refractivity contribution in [3.63, 3.8) is 0 Å². The summed E-state index contributed by atoms with van der Waals surface area (Å²) in [4.78, 5) is 15.5. The molecule has 106 valence electrons. The van der Waals surface area contributed by atoms with Crippen molar-refractivity contribution in [3.05, 3.63) is 23.9 Å². The van der Waals surface area contributed by atoms with Crippen LogP contribution in [0, 0.1) is 6.92 Å². The van der Waals surface area contributed by atoms with Crippen LogP contribution in [0.3, 0.4) is 0 Å². The highest BCUT2D eigenvalue weighted by Crippen LogP contribution is 2.21. The Morgan fingerprint density at radius 1 is 1.32 bits per heavy atom. The van der Waals surface area contributed by atoms with Gasteiger partial charge < -0.3 is 5.32 Å². The lowest BCUT2D eigenvalue weighted by Crippen LogP contribution is -2.30. The highest BCUT2D eigenvalue weighted by atomic mass is 19.4. The Balaban J connectivity index is 2.18. The Hall–Kier alpha value is -1.79. The zero-order valence-corrected chi connectivity index (χ0v) is 10.5. The second-order valence-corrected chi connectivity index (χ2v) is 4.12. The monoisotopic (exact) mass is 275 g/mol. The average molecular weight is 275 g/mol. The van der Waals surface area contributed by atoms with Gasteiger partial charge in [0.2, 0.25) is 0 Å². The van der Waals surface area contributed by atoms with Gasteiger partial charge in [-0.2, -0.15) is 13.2 Å². The molecule has 0 bridgehead atoms. The second-order valence-electron chi connectivity index (χ2n) is 4.12. The molecule has 0 fully saturated rings. The van der Waals surface area contributed by atoms with Gasteiger partial charge in [0.25, 0.3) is 0 Å². The zero-order valence-electron chi connectivity index (χ0n) is 10.5. The van der Waals surface area contributed by atoms with Crippen molar-refractivity contribution in [2.45, 2.75) is 32.4 Å². The largest absolute Gasteiger partial charge is 0.389 e. The molecule has 1 aromatic heterocycles. The van der Waals surface area contributed by atoms with E-state index in [1.54, 1.807) is 25.1 Å². The van der Waals surface area contributed by atoms with Crippen molar-refractivity contribution < 1.29 is 18.0 Å². The van der Waals surface area contributed by atoms with Crippen molar-refractivity contribution in [2.24, 2.45) is 0 Å². The van der Waals surface area contributed by atoms with E-state index in [-0.39, 0.29) is 19.4 Å². The second kappa shape index (κ2) is 6.96. The van der Waals surface area contributed by atoms with Gasteiger partial charge >= 0.3 is 12.2 Å². The quantitative estimate of drug-likeness (QED) is 0.810. The SMILES string of the molecule is Cc1cccc(NC(=O)NCCCCC(F)(F)F)n1. The topological polar surface area (TPSA) is 54.0 Å². The summed E-state index contributed by atoms with van der Waals surface area (Å²) in [6, 6.07) is 4.71. The number of carbonyl (C=O) groups is 1. The molecular formula is C12H16F3N3O. The summed E-state index contributed by atoms with van der Waals surface area (Å²) in [7, 11) is 0. The van der Waals surface area contributed by atoms with E-state index in [2.05, 4.69) is 15.6 Å². The summed E-state index contributed by atoms with van der Waals surface area (Å²) in [6.45, 7) is 1.99. The minimum absolute atomic E-state index is 0.00642. The van der Waals surface area contributed by atoms with Crippen molar-refractivity contribution in [1.82, 2.24) is 10.3 Å². The van der Waals surface area contributed by atoms with E-state index in [0.717, 1.165) is 5.69 Å². The van der Waals surface area contributed by atoms with Gasteiger partial charge in [-0.25, -0.2) is 9.78 Å². The van der Waals surface area contributed by atoms with Crippen LogP contribution in [-0.2, 0) is 0 Å². The maximum Gasteiger partial charge on any atom is 0.389 e. The van der Waals surface area contributed by atoms with Crippen molar-refractivity contribution in [3.8, 4) is 0 Å². The smallest absolute Gasteiger partial charge is 0.338 e. The molecule has 1 rings (SSSR count). The number of carbonyl (C=O) groups excluding carboxylic acids is 1. The molecule has 0 unspecified atom stereocenters. The number of aromatic nitrogens is 1. The van der Waals surface area contributed by atoms with Crippen molar-refractivity contribution >= 4 is 11.8 Å². The van der Waals surface area contributed by atoms with E-state index >= 15 is 0 Å². The Kier molecular flexibility index (Phi) is 5.59. The number of alkyl halides is 3. The number of pyridine rings is 1. The number of aryl methyl sites for hydroxylation is 1. The van der Waals surface area contributed by atoms with Gasteiger partial charge in [-0.3, -0.25) is 5.32 Å². The number of urea groups is 1. The molecule has 4 nitrogen and oxygen atoms in total. The zero-order chi connectivity index (χ0) is 14.3. The molecule has 0 aliphatic rings. The van der Waals surface area contributed by atoms with Crippen LogP contribution in [0.5, 0.6) is 0 Å². The fraction of sp³-hybridized carbons (Fsp3) is 0.500. The number of unbranched alkanes of at least 4 members (excludes halogenated alkanes) is 1. The summed E-state index contributed by atoms with van der Waals surface area (Å²) in [5.41, 5.74) is 0.767. The molecule has 2 N–H and O–H groups in total. The summed E-state index contributed by atoms with van der Waals surface area (Å²) in [5, 5.41) is 4.99. The highest BCUT2D eigenvalue weighted by Gasteiger charge is 2.25. The van der Waals surface area contributed by atoms with E-state index in [9.17, 15) is 18.0 Å². The van der Waals surface area contributed by atoms with Crippen LogP contribution in [0.2, 0.25) is 0 Å². The lowest BCUT2D eigenvalue weighted by Gasteiger charge is -2.08. The van der Waals surface area contributed by atoms with E-state index in [1.807, 2.05) is 0 Å². The Morgan fingerprint density at radius 3 is 2.68 bits per heavy atom. The minimum Gasteiger partial charge on any atom is -0.338 e. The third-order valence-corrected chi connectivity index (χ3v) is 2.30. The molecule has 0 aliphatic heterocycles. The molecule has 0 aliphatic carbocycles. The molecular weight excluding hydrogens is 259 g/mol. The van der Waals surface area contributed by atoms with Crippen LogP contribution in [0.15, 0.2) is 18.2 Å². The number of hydrogen-bond donors (Lipinski definition) is 2. The first-order valence-electron chi connectivity index (χ1n) is 5.92. The van der Waals surface area contributed by atoms with E-state index < -0.39 is 18.6 Å². The maximum absolute atomic E-state index is 11.9. The normalized spacial score (nSPS) is 11.2. The van der Waals surface area contributed by atoms with E-state index in [4.69, 9.17) is 0 Å². The standard InChI is InChI=1S/C12H16F3N3O/c1-9-5-4-6-10(17-9)18-11(19)16-8-3-2-7-12(13,14)15/h4-6H,2-3,7-8H2,1H3,(H2,16,17,18,19). The maximum atomic E-state index is 11.9. The molecule has 0 saturated carbocycles. The molecule has 0 atom stereocenters. The van der Waals surface area contributed by atoms with Crippen LogP contribution in [0.25, 0.3) is 0 Å². The highest BCUT2D eigenvalue weighted by molar-refractivity contribution is 5.88. The number of halogens is 3. The predicted octanol–water partition coefficient (Wildman–Crippen LogP) is 3.24. The third-order valence-electron chi connectivity index (χ3n) is 2.30.